The van der Waals surface area contributed by atoms with Crippen molar-refractivity contribution in [2.24, 2.45) is 0 Å². The van der Waals surface area contributed by atoms with E-state index in [1.165, 1.54) is 7.11 Å². The first-order chi connectivity index (χ1) is 8.69. The summed E-state index contributed by atoms with van der Waals surface area (Å²) in [6, 6.07) is 1.71. The van der Waals surface area contributed by atoms with Gasteiger partial charge in [-0.25, -0.2) is 14.8 Å². The summed E-state index contributed by atoms with van der Waals surface area (Å²) in [5, 5.41) is 0.824. The number of hydrogen-bond acceptors (Lipinski definition) is 4. The number of aromatic nitrogens is 3. The van der Waals surface area contributed by atoms with Crippen LogP contribution in [0.4, 0.5) is 0 Å². The molecule has 0 radical (unpaired) electrons. The summed E-state index contributed by atoms with van der Waals surface area (Å²) in [5.41, 5.74) is 1.09. The minimum Gasteiger partial charge on any atom is -0.464 e. The average Bonchev–Trinajstić information content (AvgIpc) is 2.82. The number of nitrogens with one attached hydrogen (secondary N) is 1. The Kier molecular flexibility index (Phi) is 3.60. The molecule has 0 spiro atoms. The van der Waals surface area contributed by atoms with Crippen LogP contribution in [0.5, 0.6) is 0 Å². The average molecular weight is 247 g/mol. The lowest BCUT2D eigenvalue weighted by Crippen LogP contribution is -2.02. The molecule has 0 aliphatic rings. The van der Waals surface area contributed by atoms with Crippen molar-refractivity contribution in [1.82, 2.24) is 15.0 Å². The van der Waals surface area contributed by atoms with Crippen molar-refractivity contribution in [2.75, 3.05) is 7.11 Å². The van der Waals surface area contributed by atoms with Crippen molar-refractivity contribution in [1.29, 1.82) is 0 Å². The summed E-state index contributed by atoms with van der Waals surface area (Å²) in [7, 11) is 1.36. The summed E-state index contributed by atoms with van der Waals surface area (Å²) < 4.78 is 4.67. The third-order valence-corrected chi connectivity index (χ3v) is 3.14. The number of rotatable bonds is 4. The van der Waals surface area contributed by atoms with E-state index in [1.807, 2.05) is 0 Å². The Labute approximate surface area is 106 Å². The van der Waals surface area contributed by atoms with Crippen molar-refractivity contribution in [3.63, 3.8) is 0 Å². The van der Waals surface area contributed by atoms with Gasteiger partial charge < -0.3 is 9.72 Å². The minimum absolute atomic E-state index is 0.360. The molecule has 0 fully saturated rings. The number of fused-ring (bicyclic) bond motifs is 1. The van der Waals surface area contributed by atoms with Gasteiger partial charge in [-0.2, -0.15) is 0 Å². The number of H-pyrrole nitrogens is 1. The highest BCUT2D eigenvalue weighted by Crippen LogP contribution is 2.21. The van der Waals surface area contributed by atoms with Crippen molar-refractivity contribution < 1.29 is 9.53 Å². The Bertz CT molecular complexity index is 558. The van der Waals surface area contributed by atoms with Gasteiger partial charge in [0, 0.05) is 17.5 Å². The van der Waals surface area contributed by atoms with Crippen LogP contribution in [-0.4, -0.2) is 28.0 Å². The van der Waals surface area contributed by atoms with Gasteiger partial charge in [0.1, 0.15) is 17.2 Å². The Morgan fingerprint density at radius 2 is 2.17 bits per heavy atom. The van der Waals surface area contributed by atoms with Crippen LogP contribution in [0.3, 0.4) is 0 Å². The number of ether oxygens (including phenoxy) is 1. The largest absolute Gasteiger partial charge is 0.464 e. The second-order valence-corrected chi connectivity index (χ2v) is 4.22. The summed E-state index contributed by atoms with van der Waals surface area (Å²) in [5.74, 6) is 0.794. The molecule has 0 aromatic carbocycles. The van der Waals surface area contributed by atoms with E-state index in [9.17, 15) is 4.79 Å². The van der Waals surface area contributed by atoms with E-state index in [0.29, 0.717) is 17.3 Å². The van der Waals surface area contributed by atoms with Gasteiger partial charge >= 0.3 is 5.97 Å². The topological polar surface area (TPSA) is 67.9 Å². The normalized spacial score (nSPS) is 11.1. The number of methoxy groups -OCH3 is 1. The molecule has 2 rings (SSSR count). The van der Waals surface area contributed by atoms with Gasteiger partial charge in [0.25, 0.3) is 0 Å². The zero-order chi connectivity index (χ0) is 13.1. The van der Waals surface area contributed by atoms with Crippen molar-refractivity contribution in [3.8, 4) is 0 Å². The Morgan fingerprint density at radius 3 is 2.78 bits per heavy atom. The number of carbonyl (C=O) groups is 1. The fourth-order valence-corrected chi connectivity index (χ4v) is 2.00. The highest BCUT2D eigenvalue weighted by molar-refractivity contribution is 5.93. The van der Waals surface area contributed by atoms with Crippen LogP contribution >= 0.6 is 0 Å². The number of aromatic amines is 1. The minimum atomic E-state index is -0.392. The van der Waals surface area contributed by atoms with Crippen LogP contribution in [0.15, 0.2) is 12.3 Å². The maximum Gasteiger partial charge on any atom is 0.354 e. The van der Waals surface area contributed by atoms with E-state index in [0.717, 1.165) is 24.1 Å². The maximum absolute atomic E-state index is 11.4. The van der Waals surface area contributed by atoms with Crippen LogP contribution < -0.4 is 0 Å². The smallest absolute Gasteiger partial charge is 0.354 e. The van der Waals surface area contributed by atoms with Gasteiger partial charge in [0.15, 0.2) is 0 Å². The quantitative estimate of drug-likeness (QED) is 0.843. The molecule has 2 aromatic heterocycles. The predicted octanol–water partition coefficient (Wildman–Crippen LogP) is 2.65. The van der Waals surface area contributed by atoms with Crippen LogP contribution in [0, 0.1) is 0 Å². The molecule has 2 heterocycles. The van der Waals surface area contributed by atoms with Crippen LogP contribution in [0.2, 0.25) is 0 Å². The fourth-order valence-electron chi connectivity index (χ4n) is 2.00. The molecule has 1 N–H and O–H groups in total. The summed E-state index contributed by atoms with van der Waals surface area (Å²) in [4.78, 5) is 23.2. The van der Waals surface area contributed by atoms with Crippen LogP contribution in [-0.2, 0) is 4.74 Å². The molecule has 2 aromatic rings. The molecule has 18 heavy (non-hydrogen) atoms. The maximum atomic E-state index is 11.4. The standard InChI is InChI=1S/C13H17N3O2/c1-4-8(5-2)11-14-7-9-6-10(13(17)18-3)15-12(9)16-11/h6-8H,4-5H2,1-3H3,(H,14,15,16). The van der Waals surface area contributed by atoms with E-state index in [2.05, 4.69) is 33.5 Å². The molecule has 0 saturated heterocycles. The zero-order valence-corrected chi connectivity index (χ0v) is 10.9. The lowest BCUT2D eigenvalue weighted by atomic mass is 10.0. The van der Waals surface area contributed by atoms with E-state index in [-0.39, 0.29) is 0 Å². The first kappa shape index (κ1) is 12.5. The molecule has 96 valence electrons. The summed E-state index contributed by atoms with van der Waals surface area (Å²) >= 11 is 0. The second kappa shape index (κ2) is 5.16. The van der Waals surface area contributed by atoms with Crippen LogP contribution in [0.1, 0.15) is 48.9 Å². The third kappa shape index (κ3) is 2.20. The molecule has 0 saturated carbocycles. The predicted molar refractivity (Wildman–Crippen MR) is 68.6 cm³/mol. The zero-order valence-electron chi connectivity index (χ0n) is 10.9. The van der Waals surface area contributed by atoms with E-state index in [4.69, 9.17) is 0 Å². The summed E-state index contributed by atoms with van der Waals surface area (Å²) in [6.45, 7) is 4.24. The molecule has 5 heteroatoms. The number of esters is 1. The van der Waals surface area contributed by atoms with E-state index in [1.54, 1.807) is 12.3 Å². The highest BCUT2D eigenvalue weighted by Gasteiger charge is 2.14. The second-order valence-electron chi connectivity index (χ2n) is 4.22. The molecule has 0 unspecified atom stereocenters. The van der Waals surface area contributed by atoms with E-state index < -0.39 is 5.97 Å². The molecule has 0 amide bonds. The number of carbonyl (C=O) groups excluding carboxylic acids is 1. The molecule has 5 nitrogen and oxygen atoms in total. The number of nitrogens with zero attached hydrogens (tertiary/aromatic N) is 2. The SMILES string of the molecule is CCC(CC)c1ncc2cc(C(=O)OC)[nH]c2n1. The molecule has 0 aliphatic carbocycles. The number of hydrogen-bond donors (Lipinski definition) is 1. The first-order valence-electron chi connectivity index (χ1n) is 6.13. The Balaban J connectivity index is 2.42. The summed E-state index contributed by atoms with van der Waals surface area (Å²) in [6.07, 6.45) is 3.76. The molecular formula is C13H17N3O2. The Hall–Kier alpha value is -1.91. The monoisotopic (exact) mass is 247 g/mol. The van der Waals surface area contributed by atoms with Gasteiger partial charge in [0.2, 0.25) is 0 Å². The lowest BCUT2D eigenvalue weighted by Gasteiger charge is -2.09. The van der Waals surface area contributed by atoms with Crippen LogP contribution in [0.25, 0.3) is 11.0 Å². The van der Waals surface area contributed by atoms with E-state index >= 15 is 0 Å². The van der Waals surface area contributed by atoms with Crippen molar-refractivity contribution in [3.05, 3.63) is 23.8 Å². The van der Waals surface area contributed by atoms with Crippen molar-refractivity contribution in [2.45, 2.75) is 32.6 Å². The molecule has 0 atom stereocenters. The highest BCUT2D eigenvalue weighted by atomic mass is 16.5. The molecule has 0 bridgehead atoms. The van der Waals surface area contributed by atoms with Gasteiger partial charge in [-0.1, -0.05) is 13.8 Å². The van der Waals surface area contributed by atoms with Gasteiger partial charge in [-0.3, -0.25) is 0 Å². The molecular weight excluding hydrogens is 230 g/mol. The third-order valence-electron chi connectivity index (χ3n) is 3.14. The lowest BCUT2D eigenvalue weighted by molar-refractivity contribution is 0.0595. The van der Waals surface area contributed by atoms with Crippen molar-refractivity contribution >= 4 is 17.0 Å². The van der Waals surface area contributed by atoms with Gasteiger partial charge in [-0.05, 0) is 18.9 Å². The Morgan fingerprint density at radius 1 is 1.44 bits per heavy atom. The van der Waals surface area contributed by atoms with Gasteiger partial charge in [-0.15, -0.1) is 0 Å². The van der Waals surface area contributed by atoms with Gasteiger partial charge in [0.05, 0.1) is 7.11 Å². The molecule has 0 aliphatic heterocycles. The first-order valence-corrected chi connectivity index (χ1v) is 6.13. The fraction of sp³-hybridized carbons (Fsp3) is 0.462.